The third-order valence-corrected chi connectivity index (χ3v) is 7.53. The molecule has 0 aliphatic carbocycles. The number of hydrogen-bond donors (Lipinski definition) is 0. The van der Waals surface area contributed by atoms with Crippen LogP contribution in [0.1, 0.15) is 23.1 Å². The van der Waals surface area contributed by atoms with Gasteiger partial charge in [0.05, 0.1) is 29.5 Å². The van der Waals surface area contributed by atoms with Gasteiger partial charge in [-0.05, 0) is 42.3 Å². The third kappa shape index (κ3) is 5.44. The number of thioether (sulfide) groups is 1. The average Bonchev–Trinajstić information content (AvgIpc) is 3.21. The molecule has 5 rings (SSSR count). The number of ether oxygens (including phenoxy) is 1. The van der Waals surface area contributed by atoms with E-state index < -0.39 is 0 Å². The van der Waals surface area contributed by atoms with Crippen molar-refractivity contribution in [2.45, 2.75) is 23.1 Å². The Morgan fingerprint density at radius 1 is 0.909 bits per heavy atom. The Hall–Kier alpha value is -2.31. The minimum absolute atomic E-state index is 0.0863. The fourth-order valence-electron chi connectivity index (χ4n) is 4.37. The van der Waals surface area contributed by atoms with Crippen molar-refractivity contribution in [3.63, 3.8) is 0 Å². The number of imidazole rings is 1. The molecule has 1 aromatic heterocycles. The summed E-state index contributed by atoms with van der Waals surface area (Å²) in [4.78, 5) is 8.86. The highest BCUT2D eigenvalue weighted by molar-refractivity contribution is 7.99. The van der Waals surface area contributed by atoms with E-state index in [1.165, 1.54) is 10.5 Å². The minimum atomic E-state index is 0.0863. The molecule has 33 heavy (non-hydrogen) atoms. The first-order valence-electron chi connectivity index (χ1n) is 11.5. The third-order valence-electron chi connectivity index (χ3n) is 6.03. The summed E-state index contributed by atoms with van der Waals surface area (Å²) in [5.41, 5.74) is 3.35. The van der Waals surface area contributed by atoms with Crippen molar-refractivity contribution in [1.29, 1.82) is 0 Å². The number of nitrogens with zero attached hydrogens (tertiary/aromatic N) is 3. The van der Waals surface area contributed by atoms with Crippen molar-refractivity contribution in [3.8, 4) is 0 Å². The molecule has 4 nitrogen and oxygen atoms in total. The van der Waals surface area contributed by atoms with Crippen LogP contribution in [-0.2, 0) is 11.3 Å². The molecule has 0 saturated carbocycles. The monoisotopic (exact) mass is 477 g/mol. The van der Waals surface area contributed by atoms with Gasteiger partial charge in [-0.3, -0.25) is 4.90 Å². The lowest BCUT2D eigenvalue weighted by atomic mass is 10.1. The maximum atomic E-state index is 6.34. The minimum Gasteiger partial charge on any atom is -0.379 e. The highest BCUT2D eigenvalue weighted by Gasteiger charge is 2.24. The van der Waals surface area contributed by atoms with Crippen LogP contribution in [0.3, 0.4) is 0 Å². The van der Waals surface area contributed by atoms with Crippen LogP contribution >= 0.6 is 23.4 Å². The summed E-state index contributed by atoms with van der Waals surface area (Å²) in [5, 5.41) is 0.808. The number of aryl methyl sites for hydroxylation is 1. The number of hydrogen-bond acceptors (Lipinski definition) is 4. The maximum Gasteiger partial charge on any atom is 0.127 e. The summed E-state index contributed by atoms with van der Waals surface area (Å²) < 4.78 is 7.91. The van der Waals surface area contributed by atoms with Crippen molar-refractivity contribution >= 4 is 34.4 Å². The zero-order valence-corrected chi connectivity index (χ0v) is 20.1. The van der Waals surface area contributed by atoms with Gasteiger partial charge in [0.25, 0.3) is 0 Å². The van der Waals surface area contributed by atoms with Crippen molar-refractivity contribution in [2.75, 3.05) is 32.8 Å². The van der Waals surface area contributed by atoms with Gasteiger partial charge in [0, 0.05) is 36.1 Å². The Morgan fingerprint density at radius 2 is 1.64 bits per heavy atom. The van der Waals surface area contributed by atoms with Crippen LogP contribution in [0.25, 0.3) is 11.0 Å². The molecule has 170 valence electrons. The van der Waals surface area contributed by atoms with Crippen LogP contribution < -0.4 is 0 Å². The van der Waals surface area contributed by atoms with Gasteiger partial charge in [0.2, 0.25) is 0 Å². The Labute approximate surface area is 204 Å². The van der Waals surface area contributed by atoms with E-state index in [2.05, 4.69) is 76.2 Å². The zero-order valence-electron chi connectivity index (χ0n) is 18.6. The number of halogens is 1. The molecule has 1 fully saturated rings. The van der Waals surface area contributed by atoms with Gasteiger partial charge in [-0.25, -0.2) is 4.98 Å². The van der Waals surface area contributed by atoms with E-state index in [1.54, 1.807) is 0 Å². The summed E-state index contributed by atoms with van der Waals surface area (Å²) in [5.74, 6) is 1.08. The van der Waals surface area contributed by atoms with Crippen LogP contribution in [0.2, 0.25) is 5.02 Å². The molecule has 1 saturated heterocycles. The van der Waals surface area contributed by atoms with E-state index in [1.807, 2.05) is 23.9 Å². The van der Waals surface area contributed by atoms with Gasteiger partial charge < -0.3 is 9.30 Å². The van der Waals surface area contributed by atoms with Gasteiger partial charge >= 0.3 is 0 Å². The fourth-order valence-corrected chi connectivity index (χ4v) is 5.70. The molecule has 1 aliphatic heterocycles. The van der Waals surface area contributed by atoms with Gasteiger partial charge in [0.15, 0.2) is 0 Å². The van der Waals surface area contributed by atoms with Crippen LogP contribution in [0.15, 0.2) is 83.8 Å². The predicted octanol–water partition coefficient (Wildman–Crippen LogP) is 6.29. The maximum absolute atomic E-state index is 6.34. The van der Waals surface area contributed by atoms with E-state index in [0.29, 0.717) is 0 Å². The molecule has 0 N–H and O–H groups in total. The van der Waals surface area contributed by atoms with Gasteiger partial charge in [-0.15, -0.1) is 11.8 Å². The molecule has 0 amide bonds. The smallest absolute Gasteiger partial charge is 0.127 e. The zero-order chi connectivity index (χ0) is 22.5. The molecular formula is C27H28ClN3OS. The lowest BCUT2D eigenvalue weighted by Crippen LogP contribution is -2.37. The first-order chi connectivity index (χ1) is 16.3. The number of aromatic nitrogens is 2. The van der Waals surface area contributed by atoms with Crippen molar-refractivity contribution < 1.29 is 4.74 Å². The first-order valence-corrected chi connectivity index (χ1v) is 12.8. The van der Waals surface area contributed by atoms with E-state index in [-0.39, 0.29) is 5.25 Å². The molecule has 0 radical (unpaired) electrons. The highest BCUT2D eigenvalue weighted by Crippen LogP contribution is 2.41. The molecule has 0 spiro atoms. The lowest BCUT2D eigenvalue weighted by Gasteiger charge is -2.27. The van der Waals surface area contributed by atoms with Crippen LogP contribution in [-0.4, -0.2) is 47.3 Å². The van der Waals surface area contributed by atoms with Gasteiger partial charge in [0.1, 0.15) is 5.82 Å². The summed E-state index contributed by atoms with van der Waals surface area (Å²) in [7, 11) is 0. The number of fused-ring (bicyclic) bond motifs is 1. The van der Waals surface area contributed by atoms with E-state index in [9.17, 15) is 0 Å². The summed E-state index contributed by atoms with van der Waals surface area (Å²) in [6, 6.07) is 27.3. The number of morpholine rings is 1. The van der Waals surface area contributed by atoms with E-state index in [0.717, 1.165) is 67.7 Å². The van der Waals surface area contributed by atoms with Crippen molar-refractivity contribution in [1.82, 2.24) is 14.5 Å². The molecule has 0 bridgehead atoms. The Morgan fingerprint density at radius 3 is 2.39 bits per heavy atom. The van der Waals surface area contributed by atoms with Gasteiger partial charge in [-0.2, -0.15) is 0 Å². The van der Waals surface area contributed by atoms with Gasteiger partial charge in [-0.1, -0.05) is 60.1 Å². The molecule has 1 unspecified atom stereocenters. The number of benzene rings is 3. The molecule has 1 aliphatic rings. The van der Waals surface area contributed by atoms with Crippen molar-refractivity contribution in [3.05, 3.63) is 95.3 Å². The topological polar surface area (TPSA) is 30.3 Å². The second-order valence-electron chi connectivity index (χ2n) is 8.28. The quantitative estimate of drug-likeness (QED) is 0.279. The summed E-state index contributed by atoms with van der Waals surface area (Å²) in [6.45, 7) is 5.69. The summed E-state index contributed by atoms with van der Waals surface area (Å²) in [6.07, 6.45) is 1.07. The molecular weight excluding hydrogens is 450 g/mol. The number of rotatable bonds is 8. The Balaban J connectivity index is 1.51. The molecule has 6 heteroatoms. The highest BCUT2D eigenvalue weighted by atomic mass is 35.5. The largest absolute Gasteiger partial charge is 0.379 e. The second kappa shape index (κ2) is 10.7. The fraction of sp³-hybridized carbons (Fsp3) is 0.296. The van der Waals surface area contributed by atoms with E-state index >= 15 is 0 Å². The Bertz CT molecular complexity index is 1180. The van der Waals surface area contributed by atoms with Crippen LogP contribution in [0.5, 0.6) is 0 Å². The average molecular weight is 478 g/mol. The van der Waals surface area contributed by atoms with Crippen LogP contribution in [0.4, 0.5) is 0 Å². The van der Waals surface area contributed by atoms with E-state index in [4.69, 9.17) is 21.3 Å². The Kier molecular flexibility index (Phi) is 7.32. The first kappa shape index (κ1) is 22.5. The molecule has 1 atom stereocenters. The summed E-state index contributed by atoms with van der Waals surface area (Å²) >= 11 is 8.19. The standard InChI is InChI=1S/C27H28ClN3OS/c28-22-12-13-25-24(20-22)29-27(31(25)15-7-14-30-16-18-32-19-17-30)26(21-8-3-1-4-9-21)33-23-10-5-2-6-11-23/h1-6,8-13,20,26H,7,14-19H2. The second-order valence-corrected chi connectivity index (χ2v) is 9.90. The lowest BCUT2D eigenvalue weighted by molar-refractivity contribution is 0.0369. The normalized spacial score (nSPS) is 15.7. The predicted molar refractivity (Wildman–Crippen MR) is 137 cm³/mol. The molecule has 4 aromatic rings. The molecule has 3 aromatic carbocycles. The van der Waals surface area contributed by atoms with Crippen LogP contribution in [0, 0.1) is 0 Å². The van der Waals surface area contributed by atoms with Crippen molar-refractivity contribution in [2.24, 2.45) is 0 Å². The SMILES string of the molecule is Clc1ccc2c(c1)nc(C(Sc1ccccc1)c1ccccc1)n2CCCN1CCOCC1. The molecule has 2 heterocycles.